The quantitative estimate of drug-likeness (QED) is 0.753. The van der Waals surface area contributed by atoms with Crippen molar-refractivity contribution in [2.45, 2.75) is 20.4 Å². The van der Waals surface area contributed by atoms with E-state index in [1.54, 1.807) is 0 Å². The van der Waals surface area contributed by atoms with E-state index in [9.17, 15) is 0 Å². The lowest BCUT2D eigenvalue weighted by atomic mass is 10.2. The zero-order valence-electron chi connectivity index (χ0n) is 8.80. The largest absolute Gasteiger partial charge is 0.346 e. The lowest BCUT2D eigenvalue weighted by Gasteiger charge is -2.09. The summed E-state index contributed by atoms with van der Waals surface area (Å²) in [6.45, 7) is 5.42. The number of nitrogens with zero attached hydrogens (tertiary/aromatic N) is 1. The molecule has 80 valence electrons. The minimum absolute atomic E-state index is 0.625. The van der Waals surface area contributed by atoms with E-state index in [0.717, 1.165) is 21.6 Å². The van der Waals surface area contributed by atoms with Crippen LogP contribution in [0.2, 0.25) is 5.02 Å². The minimum Gasteiger partial charge on any atom is -0.346 e. The lowest BCUT2D eigenvalue weighted by Crippen LogP contribution is -2.02. The fourth-order valence-corrected chi connectivity index (χ4v) is 2.75. The molecule has 1 aromatic carbocycles. The molecule has 0 fully saturated rings. The maximum atomic E-state index is 6.24. The first kappa shape index (κ1) is 11.0. The van der Waals surface area contributed by atoms with Crippen LogP contribution < -0.4 is 0 Å². The molecule has 0 spiro atoms. The summed E-state index contributed by atoms with van der Waals surface area (Å²) in [7, 11) is 0. The van der Waals surface area contributed by atoms with Crippen LogP contribution in [-0.2, 0) is 6.54 Å². The zero-order valence-corrected chi connectivity index (χ0v) is 11.1. The standard InChI is InChI=1S/C12H13BrClN/c1-8(2)7-15-4-3-9-5-10(13)6-11(14)12(9)15/h3-6,8H,7H2,1-2H3. The van der Waals surface area contributed by atoms with Crippen molar-refractivity contribution in [3.05, 3.63) is 33.9 Å². The van der Waals surface area contributed by atoms with Crippen molar-refractivity contribution < 1.29 is 0 Å². The molecule has 1 aromatic heterocycles. The number of hydrogen-bond acceptors (Lipinski definition) is 0. The Morgan fingerprint density at radius 2 is 2.13 bits per heavy atom. The second-order valence-electron chi connectivity index (χ2n) is 4.19. The number of rotatable bonds is 2. The van der Waals surface area contributed by atoms with Gasteiger partial charge in [0.05, 0.1) is 10.5 Å². The van der Waals surface area contributed by atoms with Gasteiger partial charge in [-0.25, -0.2) is 0 Å². The number of fused-ring (bicyclic) bond motifs is 1. The SMILES string of the molecule is CC(C)Cn1ccc2cc(Br)cc(Cl)c21. The second kappa shape index (κ2) is 4.18. The predicted molar refractivity (Wildman–Crippen MR) is 69.5 cm³/mol. The first-order chi connectivity index (χ1) is 7.08. The molecule has 2 aromatic rings. The third kappa shape index (κ3) is 2.21. The molecule has 0 aliphatic rings. The molecule has 0 unspecified atom stereocenters. The van der Waals surface area contributed by atoms with Crippen molar-refractivity contribution in [3.8, 4) is 0 Å². The number of benzene rings is 1. The van der Waals surface area contributed by atoms with Gasteiger partial charge >= 0.3 is 0 Å². The van der Waals surface area contributed by atoms with Gasteiger partial charge in [-0.1, -0.05) is 41.4 Å². The Bertz CT molecular complexity index is 488. The summed E-state index contributed by atoms with van der Waals surface area (Å²) in [5.41, 5.74) is 1.13. The monoisotopic (exact) mass is 285 g/mol. The normalized spacial score (nSPS) is 11.5. The molecule has 1 heterocycles. The highest BCUT2D eigenvalue weighted by molar-refractivity contribution is 9.10. The van der Waals surface area contributed by atoms with E-state index in [2.05, 4.69) is 52.7 Å². The molecule has 0 saturated carbocycles. The lowest BCUT2D eigenvalue weighted by molar-refractivity contribution is 0.535. The fraction of sp³-hybridized carbons (Fsp3) is 0.333. The fourth-order valence-electron chi connectivity index (χ4n) is 1.81. The molecule has 2 rings (SSSR count). The van der Waals surface area contributed by atoms with E-state index < -0.39 is 0 Å². The highest BCUT2D eigenvalue weighted by Crippen LogP contribution is 2.29. The van der Waals surface area contributed by atoms with Crippen molar-refractivity contribution in [2.75, 3.05) is 0 Å². The van der Waals surface area contributed by atoms with E-state index in [0.29, 0.717) is 5.92 Å². The maximum absolute atomic E-state index is 6.24. The van der Waals surface area contributed by atoms with Crippen LogP contribution >= 0.6 is 27.5 Å². The van der Waals surface area contributed by atoms with Gasteiger partial charge in [-0.05, 0) is 24.1 Å². The number of halogens is 2. The van der Waals surface area contributed by atoms with Crippen molar-refractivity contribution in [1.29, 1.82) is 0 Å². The van der Waals surface area contributed by atoms with Gasteiger partial charge in [0.25, 0.3) is 0 Å². The van der Waals surface area contributed by atoms with Crippen LogP contribution in [0.5, 0.6) is 0 Å². The van der Waals surface area contributed by atoms with Gasteiger partial charge in [-0.15, -0.1) is 0 Å². The number of aromatic nitrogens is 1. The summed E-state index contributed by atoms with van der Waals surface area (Å²) < 4.78 is 3.25. The molecule has 0 aliphatic carbocycles. The number of hydrogen-bond donors (Lipinski definition) is 0. The summed E-state index contributed by atoms with van der Waals surface area (Å²) in [5.74, 6) is 0.625. The molecule has 3 heteroatoms. The summed E-state index contributed by atoms with van der Waals surface area (Å²) in [6, 6.07) is 6.15. The Hall–Kier alpha value is -0.470. The average molecular weight is 287 g/mol. The Labute approximate surface area is 103 Å². The Morgan fingerprint density at radius 1 is 1.40 bits per heavy atom. The van der Waals surface area contributed by atoms with Crippen LogP contribution in [0.3, 0.4) is 0 Å². The van der Waals surface area contributed by atoms with Gasteiger partial charge in [-0.2, -0.15) is 0 Å². The van der Waals surface area contributed by atoms with Crippen molar-refractivity contribution in [3.63, 3.8) is 0 Å². The molecular weight excluding hydrogens is 273 g/mol. The third-order valence-corrected chi connectivity index (χ3v) is 3.09. The summed E-state index contributed by atoms with van der Waals surface area (Å²) in [6.07, 6.45) is 2.10. The molecule has 0 aliphatic heterocycles. The smallest absolute Gasteiger partial charge is 0.0670 e. The van der Waals surface area contributed by atoms with Crippen molar-refractivity contribution in [1.82, 2.24) is 4.57 Å². The predicted octanol–water partition coefficient (Wildman–Crippen LogP) is 4.71. The Kier molecular flexibility index (Phi) is 3.08. The molecule has 0 saturated heterocycles. The first-order valence-corrected chi connectivity index (χ1v) is 6.19. The zero-order chi connectivity index (χ0) is 11.0. The van der Waals surface area contributed by atoms with Crippen LogP contribution in [0.4, 0.5) is 0 Å². The van der Waals surface area contributed by atoms with E-state index in [1.807, 2.05) is 6.07 Å². The van der Waals surface area contributed by atoms with Crippen molar-refractivity contribution in [2.24, 2.45) is 5.92 Å². The molecule has 0 radical (unpaired) electrons. The van der Waals surface area contributed by atoms with Crippen LogP contribution in [0.15, 0.2) is 28.9 Å². The van der Waals surface area contributed by atoms with Gasteiger partial charge in [-0.3, -0.25) is 0 Å². The highest BCUT2D eigenvalue weighted by atomic mass is 79.9. The van der Waals surface area contributed by atoms with Gasteiger partial charge < -0.3 is 4.57 Å². The second-order valence-corrected chi connectivity index (χ2v) is 5.51. The minimum atomic E-state index is 0.625. The summed E-state index contributed by atoms with van der Waals surface area (Å²) in [4.78, 5) is 0. The Morgan fingerprint density at radius 3 is 2.80 bits per heavy atom. The molecular formula is C12H13BrClN. The van der Waals surface area contributed by atoms with E-state index >= 15 is 0 Å². The molecule has 0 atom stereocenters. The first-order valence-electron chi connectivity index (χ1n) is 5.02. The topological polar surface area (TPSA) is 4.93 Å². The van der Waals surface area contributed by atoms with Gasteiger partial charge in [0, 0.05) is 22.6 Å². The third-order valence-electron chi connectivity index (χ3n) is 2.34. The summed E-state index contributed by atoms with van der Waals surface area (Å²) in [5, 5.41) is 2.00. The van der Waals surface area contributed by atoms with Crippen LogP contribution in [0, 0.1) is 5.92 Å². The Balaban J connectivity index is 2.58. The molecule has 1 nitrogen and oxygen atoms in total. The summed E-state index contributed by atoms with van der Waals surface area (Å²) >= 11 is 9.69. The van der Waals surface area contributed by atoms with E-state index in [4.69, 9.17) is 11.6 Å². The van der Waals surface area contributed by atoms with Crippen molar-refractivity contribution >= 4 is 38.4 Å². The average Bonchev–Trinajstić information content (AvgIpc) is 2.46. The van der Waals surface area contributed by atoms with Crippen LogP contribution in [-0.4, -0.2) is 4.57 Å². The van der Waals surface area contributed by atoms with Crippen LogP contribution in [0.1, 0.15) is 13.8 Å². The molecule has 15 heavy (non-hydrogen) atoms. The molecule has 0 bridgehead atoms. The highest BCUT2D eigenvalue weighted by Gasteiger charge is 2.07. The van der Waals surface area contributed by atoms with E-state index in [1.165, 1.54) is 5.39 Å². The van der Waals surface area contributed by atoms with E-state index in [-0.39, 0.29) is 0 Å². The van der Waals surface area contributed by atoms with Gasteiger partial charge in [0.1, 0.15) is 0 Å². The van der Waals surface area contributed by atoms with Crippen LogP contribution in [0.25, 0.3) is 10.9 Å². The maximum Gasteiger partial charge on any atom is 0.0670 e. The molecule has 0 amide bonds. The van der Waals surface area contributed by atoms with Gasteiger partial charge in [0.2, 0.25) is 0 Å². The van der Waals surface area contributed by atoms with Gasteiger partial charge in [0.15, 0.2) is 0 Å². The molecule has 0 N–H and O–H groups in total.